The highest BCUT2D eigenvalue weighted by atomic mass is 16.1. The van der Waals surface area contributed by atoms with E-state index >= 15 is 0 Å². The van der Waals surface area contributed by atoms with Crippen LogP contribution in [0.15, 0.2) is 67.0 Å². The van der Waals surface area contributed by atoms with Crippen molar-refractivity contribution in [2.45, 2.75) is 12.8 Å². The molecule has 3 heterocycles. The first-order chi connectivity index (χ1) is 14.7. The molecule has 0 atom stereocenters. The van der Waals surface area contributed by atoms with Crippen molar-refractivity contribution >= 4 is 22.8 Å². The van der Waals surface area contributed by atoms with Crippen molar-refractivity contribution in [3.05, 3.63) is 67.0 Å². The predicted molar refractivity (Wildman–Crippen MR) is 116 cm³/mol. The molecule has 7 nitrogen and oxygen atoms in total. The average Bonchev–Trinajstić information content (AvgIpc) is 3.29. The molecule has 0 radical (unpaired) electrons. The Labute approximate surface area is 174 Å². The molecule has 1 saturated heterocycles. The van der Waals surface area contributed by atoms with Gasteiger partial charge in [-0.3, -0.25) is 4.79 Å². The second kappa shape index (κ2) is 7.59. The summed E-state index contributed by atoms with van der Waals surface area (Å²) in [6.45, 7) is 1.43. The van der Waals surface area contributed by atoms with Crippen molar-refractivity contribution in [1.82, 2.24) is 19.7 Å². The molecule has 150 valence electrons. The molecule has 0 saturated carbocycles. The van der Waals surface area contributed by atoms with Gasteiger partial charge in [0.2, 0.25) is 11.9 Å². The molecule has 1 amide bonds. The average molecular weight is 398 g/mol. The maximum atomic E-state index is 11.5. The minimum Gasteiger partial charge on any atom is -0.369 e. The van der Waals surface area contributed by atoms with Crippen molar-refractivity contribution in [2.24, 2.45) is 11.7 Å². The van der Waals surface area contributed by atoms with Gasteiger partial charge in [-0.25, -0.2) is 14.6 Å². The summed E-state index contributed by atoms with van der Waals surface area (Å²) in [7, 11) is 0. The van der Waals surface area contributed by atoms with Crippen LogP contribution in [0.3, 0.4) is 0 Å². The Morgan fingerprint density at radius 2 is 1.70 bits per heavy atom. The van der Waals surface area contributed by atoms with Gasteiger partial charge in [0.05, 0.1) is 23.1 Å². The summed E-state index contributed by atoms with van der Waals surface area (Å²) in [4.78, 5) is 23.3. The van der Waals surface area contributed by atoms with Gasteiger partial charge in [0.1, 0.15) is 0 Å². The summed E-state index contributed by atoms with van der Waals surface area (Å²) >= 11 is 0. The number of rotatable bonds is 4. The highest BCUT2D eigenvalue weighted by molar-refractivity contribution is 5.93. The van der Waals surface area contributed by atoms with E-state index in [2.05, 4.69) is 10.00 Å². The zero-order valence-electron chi connectivity index (χ0n) is 16.5. The second-order valence-corrected chi connectivity index (χ2v) is 7.56. The van der Waals surface area contributed by atoms with Crippen LogP contribution < -0.4 is 10.6 Å². The van der Waals surface area contributed by atoms with Crippen LogP contribution in [0.2, 0.25) is 0 Å². The molecular formula is C23H22N6O. The number of nitrogens with two attached hydrogens (primary N) is 1. The van der Waals surface area contributed by atoms with Gasteiger partial charge in [0.15, 0.2) is 0 Å². The maximum Gasteiger partial charge on any atom is 0.226 e. The summed E-state index contributed by atoms with van der Waals surface area (Å²) in [5.41, 5.74) is 9.16. The van der Waals surface area contributed by atoms with Crippen molar-refractivity contribution in [3.8, 4) is 16.9 Å². The largest absolute Gasteiger partial charge is 0.369 e. The third kappa shape index (κ3) is 3.39. The van der Waals surface area contributed by atoms with Crippen molar-refractivity contribution < 1.29 is 4.79 Å². The molecule has 5 rings (SSSR count). The highest BCUT2D eigenvalue weighted by Gasteiger charge is 2.25. The van der Waals surface area contributed by atoms with E-state index in [1.807, 2.05) is 71.7 Å². The zero-order chi connectivity index (χ0) is 20.5. The number of para-hydroxylation sites is 2. The first-order valence-electron chi connectivity index (χ1n) is 10.1. The van der Waals surface area contributed by atoms with E-state index in [0.29, 0.717) is 19.0 Å². The van der Waals surface area contributed by atoms with E-state index in [1.54, 1.807) is 0 Å². The lowest BCUT2D eigenvalue weighted by molar-refractivity contribution is -0.122. The molecule has 30 heavy (non-hydrogen) atoms. The van der Waals surface area contributed by atoms with Gasteiger partial charge >= 0.3 is 0 Å². The van der Waals surface area contributed by atoms with Crippen molar-refractivity contribution in [2.75, 3.05) is 18.0 Å². The molecule has 2 aromatic heterocycles. The molecule has 1 fully saturated rings. The SMILES string of the molecule is NC(=O)C1CCN(c2nc(-c3cnn(-c4ccccc4)c3)c3ccccc3n2)CC1. The van der Waals surface area contributed by atoms with Crippen molar-refractivity contribution in [1.29, 1.82) is 0 Å². The van der Waals surface area contributed by atoms with Crippen LogP contribution in [0.5, 0.6) is 0 Å². The molecule has 0 unspecified atom stereocenters. The fraction of sp³-hybridized carbons (Fsp3) is 0.217. The Bertz CT molecular complexity index is 1190. The predicted octanol–water partition coefficient (Wildman–Crippen LogP) is 3.18. The highest BCUT2D eigenvalue weighted by Crippen LogP contribution is 2.30. The fourth-order valence-corrected chi connectivity index (χ4v) is 3.96. The van der Waals surface area contributed by atoms with Gasteiger partial charge in [-0.1, -0.05) is 36.4 Å². The molecule has 2 aromatic carbocycles. The quantitative estimate of drug-likeness (QED) is 0.570. The van der Waals surface area contributed by atoms with Gasteiger partial charge < -0.3 is 10.6 Å². The van der Waals surface area contributed by atoms with Gasteiger partial charge in [-0.2, -0.15) is 5.10 Å². The number of nitrogens with zero attached hydrogens (tertiary/aromatic N) is 5. The fourth-order valence-electron chi connectivity index (χ4n) is 3.96. The Balaban J connectivity index is 1.54. The number of piperidine rings is 1. The number of hydrogen-bond donors (Lipinski definition) is 1. The van der Waals surface area contributed by atoms with Gasteiger partial charge in [-0.05, 0) is 31.0 Å². The Morgan fingerprint density at radius 3 is 2.47 bits per heavy atom. The number of amides is 1. The summed E-state index contributed by atoms with van der Waals surface area (Å²) in [5, 5.41) is 5.52. The van der Waals surface area contributed by atoms with E-state index < -0.39 is 0 Å². The van der Waals surface area contributed by atoms with E-state index in [4.69, 9.17) is 15.7 Å². The topological polar surface area (TPSA) is 89.9 Å². The van der Waals surface area contributed by atoms with Crippen LogP contribution >= 0.6 is 0 Å². The van der Waals surface area contributed by atoms with E-state index in [1.165, 1.54) is 0 Å². The molecule has 2 N–H and O–H groups in total. The molecule has 4 aromatic rings. The number of carbonyl (C=O) groups is 1. The standard InChI is InChI=1S/C23H22N6O/c24-22(30)16-10-12-28(13-11-16)23-26-20-9-5-4-8-19(20)21(27-23)17-14-25-29(15-17)18-6-2-1-3-7-18/h1-9,14-16H,10-13H2,(H2,24,30). The normalized spacial score (nSPS) is 14.9. The van der Waals surface area contributed by atoms with Crippen LogP contribution in [0, 0.1) is 5.92 Å². The minimum absolute atomic E-state index is 0.0646. The van der Waals surface area contributed by atoms with Crippen LogP contribution in [-0.4, -0.2) is 38.7 Å². The van der Waals surface area contributed by atoms with Crippen molar-refractivity contribution in [3.63, 3.8) is 0 Å². The van der Waals surface area contributed by atoms with Gasteiger partial charge in [0, 0.05) is 36.2 Å². The first-order valence-corrected chi connectivity index (χ1v) is 10.1. The molecule has 0 aliphatic carbocycles. The number of carbonyl (C=O) groups excluding carboxylic acids is 1. The summed E-state index contributed by atoms with van der Waals surface area (Å²) in [6.07, 6.45) is 5.29. The van der Waals surface area contributed by atoms with Gasteiger partial charge in [0.25, 0.3) is 0 Å². The Kier molecular flexibility index (Phi) is 4.63. The van der Waals surface area contributed by atoms with Crippen LogP contribution in [-0.2, 0) is 4.79 Å². The maximum absolute atomic E-state index is 11.5. The summed E-state index contributed by atoms with van der Waals surface area (Å²) in [5.74, 6) is 0.396. The monoisotopic (exact) mass is 398 g/mol. The smallest absolute Gasteiger partial charge is 0.226 e. The number of benzene rings is 2. The van der Waals surface area contributed by atoms with E-state index in [0.717, 1.165) is 40.7 Å². The van der Waals surface area contributed by atoms with E-state index in [9.17, 15) is 4.79 Å². The molecular weight excluding hydrogens is 376 g/mol. The lowest BCUT2D eigenvalue weighted by Gasteiger charge is -2.30. The Morgan fingerprint density at radius 1 is 0.967 bits per heavy atom. The second-order valence-electron chi connectivity index (χ2n) is 7.56. The Hall–Kier alpha value is -3.74. The number of primary amides is 1. The summed E-state index contributed by atoms with van der Waals surface area (Å²) < 4.78 is 1.85. The number of aromatic nitrogens is 4. The summed E-state index contributed by atoms with van der Waals surface area (Å²) in [6, 6.07) is 18.0. The number of fused-ring (bicyclic) bond motifs is 1. The van der Waals surface area contributed by atoms with Crippen LogP contribution in [0.1, 0.15) is 12.8 Å². The number of anilines is 1. The third-order valence-electron chi connectivity index (χ3n) is 5.65. The molecule has 1 aliphatic rings. The van der Waals surface area contributed by atoms with Crippen LogP contribution in [0.4, 0.5) is 5.95 Å². The van der Waals surface area contributed by atoms with E-state index in [-0.39, 0.29) is 11.8 Å². The van der Waals surface area contributed by atoms with Crippen LogP contribution in [0.25, 0.3) is 27.8 Å². The number of hydrogen-bond acceptors (Lipinski definition) is 5. The molecule has 1 aliphatic heterocycles. The van der Waals surface area contributed by atoms with Gasteiger partial charge in [-0.15, -0.1) is 0 Å². The lowest BCUT2D eigenvalue weighted by Crippen LogP contribution is -2.39. The molecule has 0 bridgehead atoms. The molecule has 7 heteroatoms. The first kappa shape index (κ1) is 18.3. The molecule has 0 spiro atoms. The lowest BCUT2D eigenvalue weighted by atomic mass is 9.96. The zero-order valence-corrected chi connectivity index (χ0v) is 16.5. The minimum atomic E-state index is -0.219. The third-order valence-corrected chi connectivity index (χ3v) is 5.65.